The lowest BCUT2D eigenvalue weighted by Gasteiger charge is -2.41. The molecule has 2 aliphatic rings. The SMILES string of the molecule is CCNC(=O)N1CCN(C2CC2)C[C@@H]1c1ccccc1. The lowest BCUT2D eigenvalue weighted by molar-refractivity contribution is 0.0895. The van der Waals surface area contributed by atoms with Crippen LogP contribution < -0.4 is 5.32 Å². The van der Waals surface area contributed by atoms with Gasteiger partial charge in [0.15, 0.2) is 0 Å². The van der Waals surface area contributed by atoms with Gasteiger partial charge in [-0.1, -0.05) is 30.3 Å². The Morgan fingerprint density at radius 3 is 2.65 bits per heavy atom. The number of piperazine rings is 1. The highest BCUT2D eigenvalue weighted by Gasteiger charge is 2.37. The summed E-state index contributed by atoms with van der Waals surface area (Å²) in [6, 6.07) is 11.4. The van der Waals surface area contributed by atoms with E-state index in [-0.39, 0.29) is 12.1 Å². The number of nitrogens with one attached hydrogen (secondary N) is 1. The van der Waals surface area contributed by atoms with Gasteiger partial charge in [-0.3, -0.25) is 4.90 Å². The molecule has 1 aliphatic carbocycles. The summed E-state index contributed by atoms with van der Waals surface area (Å²) in [5.41, 5.74) is 1.24. The Hall–Kier alpha value is -1.55. The van der Waals surface area contributed by atoms with E-state index in [1.54, 1.807) is 0 Å². The van der Waals surface area contributed by atoms with Crippen molar-refractivity contribution in [3.05, 3.63) is 35.9 Å². The maximum Gasteiger partial charge on any atom is 0.317 e. The van der Waals surface area contributed by atoms with E-state index in [1.165, 1.54) is 18.4 Å². The fourth-order valence-electron chi connectivity index (χ4n) is 3.03. The molecule has 2 amide bonds. The first-order valence-electron chi connectivity index (χ1n) is 7.63. The normalized spacial score (nSPS) is 23.6. The maximum atomic E-state index is 12.3. The Labute approximate surface area is 120 Å². The highest BCUT2D eigenvalue weighted by atomic mass is 16.2. The van der Waals surface area contributed by atoms with Gasteiger partial charge in [0.25, 0.3) is 0 Å². The van der Waals surface area contributed by atoms with Crippen molar-refractivity contribution < 1.29 is 4.79 Å². The Balaban J connectivity index is 1.79. The third-order valence-electron chi connectivity index (χ3n) is 4.25. The van der Waals surface area contributed by atoms with Crippen LogP contribution in [0.2, 0.25) is 0 Å². The molecule has 0 radical (unpaired) electrons. The van der Waals surface area contributed by atoms with Crippen LogP contribution in [0.25, 0.3) is 0 Å². The average molecular weight is 273 g/mol. The van der Waals surface area contributed by atoms with Crippen molar-refractivity contribution in [1.29, 1.82) is 0 Å². The fraction of sp³-hybridized carbons (Fsp3) is 0.562. The predicted molar refractivity (Wildman–Crippen MR) is 79.6 cm³/mol. The number of amides is 2. The van der Waals surface area contributed by atoms with Crippen LogP contribution in [-0.4, -0.2) is 48.1 Å². The molecule has 0 aromatic heterocycles. The first-order chi connectivity index (χ1) is 9.79. The Morgan fingerprint density at radius 2 is 2.00 bits per heavy atom. The number of benzene rings is 1. The van der Waals surface area contributed by atoms with E-state index < -0.39 is 0 Å². The number of nitrogens with zero attached hydrogens (tertiary/aromatic N) is 2. The van der Waals surface area contributed by atoms with E-state index in [9.17, 15) is 4.79 Å². The number of hydrogen-bond acceptors (Lipinski definition) is 2. The lowest BCUT2D eigenvalue weighted by atomic mass is 10.0. The van der Waals surface area contributed by atoms with Gasteiger partial charge in [0.2, 0.25) is 0 Å². The molecule has 20 heavy (non-hydrogen) atoms. The van der Waals surface area contributed by atoms with E-state index in [2.05, 4.69) is 34.5 Å². The number of hydrogen-bond donors (Lipinski definition) is 1. The van der Waals surface area contributed by atoms with Gasteiger partial charge in [0, 0.05) is 32.2 Å². The molecule has 1 aliphatic heterocycles. The van der Waals surface area contributed by atoms with Crippen molar-refractivity contribution in [2.45, 2.75) is 31.8 Å². The topological polar surface area (TPSA) is 35.6 Å². The summed E-state index contributed by atoms with van der Waals surface area (Å²) in [6.07, 6.45) is 2.64. The van der Waals surface area contributed by atoms with Crippen molar-refractivity contribution in [2.24, 2.45) is 0 Å². The molecule has 1 heterocycles. The van der Waals surface area contributed by atoms with Gasteiger partial charge in [0.1, 0.15) is 0 Å². The quantitative estimate of drug-likeness (QED) is 0.916. The minimum Gasteiger partial charge on any atom is -0.338 e. The van der Waals surface area contributed by atoms with Crippen molar-refractivity contribution in [1.82, 2.24) is 15.1 Å². The van der Waals surface area contributed by atoms with Gasteiger partial charge in [-0.15, -0.1) is 0 Å². The molecule has 1 aromatic carbocycles. The molecule has 1 saturated heterocycles. The third kappa shape index (κ3) is 2.80. The molecule has 1 saturated carbocycles. The van der Waals surface area contributed by atoms with E-state index in [1.807, 2.05) is 17.9 Å². The molecule has 0 bridgehead atoms. The standard InChI is InChI=1S/C16H23N3O/c1-2-17-16(20)19-11-10-18(14-8-9-14)12-15(19)13-6-4-3-5-7-13/h3-7,14-15H,2,8-12H2,1H3,(H,17,20)/t15-/m1/s1. The summed E-state index contributed by atoms with van der Waals surface area (Å²) in [6.45, 7) is 5.44. The second kappa shape index (κ2) is 5.83. The van der Waals surface area contributed by atoms with E-state index in [0.29, 0.717) is 6.54 Å². The largest absolute Gasteiger partial charge is 0.338 e. The molecule has 1 N–H and O–H groups in total. The van der Waals surface area contributed by atoms with E-state index in [4.69, 9.17) is 0 Å². The average Bonchev–Trinajstić information content (AvgIpc) is 3.32. The molecule has 3 rings (SSSR count). The van der Waals surface area contributed by atoms with Crippen LogP contribution in [0.4, 0.5) is 4.79 Å². The summed E-state index contributed by atoms with van der Waals surface area (Å²) in [4.78, 5) is 16.8. The molecule has 1 atom stereocenters. The van der Waals surface area contributed by atoms with E-state index >= 15 is 0 Å². The summed E-state index contributed by atoms with van der Waals surface area (Å²) >= 11 is 0. The molecule has 108 valence electrons. The third-order valence-corrected chi connectivity index (χ3v) is 4.25. The number of urea groups is 1. The molecule has 4 nitrogen and oxygen atoms in total. The van der Waals surface area contributed by atoms with Gasteiger partial charge >= 0.3 is 6.03 Å². The maximum absolute atomic E-state index is 12.3. The number of carbonyl (C=O) groups excluding carboxylic acids is 1. The molecule has 0 spiro atoms. The van der Waals surface area contributed by atoms with Crippen molar-refractivity contribution >= 4 is 6.03 Å². The van der Waals surface area contributed by atoms with Crippen LogP contribution in [0.1, 0.15) is 31.4 Å². The summed E-state index contributed by atoms with van der Waals surface area (Å²) in [5.74, 6) is 0. The Morgan fingerprint density at radius 1 is 1.25 bits per heavy atom. The summed E-state index contributed by atoms with van der Waals surface area (Å²) in [7, 11) is 0. The van der Waals surface area contributed by atoms with Gasteiger partial charge in [-0.05, 0) is 25.3 Å². The Bertz CT molecular complexity index is 458. The van der Waals surface area contributed by atoms with Crippen LogP contribution >= 0.6 is 0 Å². The summed E-state index contributed by atoms with van der Waals surface area (Å²) < 4.78 is 0. The molecule has 0 unspecified atom stereocenters. The first kappa shape index (κ1) is 13.4. The molecule has 2 fully saturated rings. The molecular weight excluding hydrogens is 250 g/mol. The smallest absolute Gasteiger partial charge is 0.317 e. The zero-order valence-corrected chi connectivity index (χ0v) is 12.1. The van der Waals surface area contributed by atoms with Crippen LogP contribution in [-0.2, 0) is 0 Å². The second-order valence-electron chi connectivity index (χ2n) is 5.68. The van der Waals surface area contributed by atoms with Crippen LogP contribution in [0.5, 0.6) is 0 Å². The second-order valence-corrected chi connectivity index (χ2v) is 5.68. The predicted octanol–water partition coefficient (Wildman–Crippen LogP) is 2.24. The van der Waals surface area contributed by atoms with Crippen LogP contribution in [0, 0.1) is 0 Å². The van der Waals surface area contributed by atoms with Crippen molar-refractivity contribution in [3.8, 4) is 0 Å². The lowest BCUT2D eigenvalue weighted by Crippen LogP contribution is -2.53. The Kier molecular flexibility index (Phi) is 3.92. The fourth-order valence-corrected chi connectivity index (χ4v) is 3.03. The molecule has 4 heteroatoms. The number of rotatable bonds is 3. The van der Waals surface area contributed by atoms with Crippen LogP contribution in [0.3, 0.4) is 0 Å². The van der Waals surface area contributed by atoms with Crippen molar-refractivity contribution in [2.75, 3.05) is 26.2 Å². The van der Waals surface area contributed by atoms with Crippen molar-refractivity contribution in [3.63, 3.8) is 0 Å². The highest BCUT2D eigenvalue weighted by Crippen LogP contribution is 2.33. The van der Waals surface area contributed by atoms with Gasteiger partial charge in [-0.25, -0.2) is 4.79 Å². The van der Waals surface area contributed by atoms with Gasteiger partial charge < -0.3 is 10.2 Å². The molecular formula is C16H23N3O. The zero-order chi connectivity index (χ0) is 13.9. The minimum absolute atomic E-state index is 0.0665. The minimum atomic E-state index is 0.0665. The van der Waals surface area contributed by atoms with Crippen LogP contribution in [0.15, 0.2) is 30.3 Å². The first-order valence-corrected chi connectivity index (χ1v) is 7.63. The van der Waals surface area contributed by atoms with Gasteiger partial charge in [-0.2, -0.15) is 0 Å². The monoisotopic (exact) mass is 273 g/mol. The highest BCUT2D eigenvalue weighted by molar-refractivity contribution is 5.75. The van der Waals surface area contributed by atoms with E-state index in [0.717, 1.165) is 25.7 Å². The number of carbonyl (C=O) groups is 1. The van der Waals surface area contributed by atoms with Gasteiger partial charge in [0.05, 0.1) is 6.04 Å². The zero-order valence-electron chi connectivity index (χ0n) is 12.1. The summed E-state index contributed by atoms with van der Waals surface area (Å²) in [5, 5.41) is 2.94. The molecule has 1 aromatic rings.